The SMILES string of the molecule is CC1CN(c2ncc(-c3cc(Cl)cc(Cl)c3Cl)c(N)n2)CC(C)N1.CS(=O)(=O)O. The Labute approximate surface area is 185 Å². The first-order valence-electron chi connectivity index (χ1n) is 8.56. The molecular weight excluding hydrogens is 461 g/mol. The van der Waals surface area contributed by atoms with Crippen LogP contribution in [0, 0.1) is 0 Å². The van der Waals surface area contributed by atoms with Crippen molar-refractivity contribution in [3.05, 3.63) is 33.4 Å². The summed E-state index contributed by atoms with van der Waals surface area (Å²) >= 11 is 18.4. The van der Waals surface area contributed by atoms with Crippen LogP contribution in [0.15, 0.2) is 18.3 Å². The van der Waals surface area contributed by atoms with Crippen molar-refractivity contribution in [2.75, 3.05) is 30.0 Å². The molecule has 1 aliphatic rings. The van der Waals surface area contributed by atoms with Gasteiger partial charge in [-0.05, 0) is 26.0 Å². The monoisotopic (exact) mass is 481 g/mol. The molecule has 0 bridgehead atoms. The molecule has 160 valence electrons. The zero-order chi connectivity index (χ0) is 21.9. The maximum absolute atomic E-state index is 9.19. The lowest BCUT2D eigenvalue weighted by Gasteiger charge is -2.36. The normalized spacial score (nSPS) is 19.5. The number of hydrogen-bond donors (Lipinski definition) is 3. The van der Waals surface area contributed by atoms with Gasteiger partial charge in [0.2, 0.25) is 5.95 Å². The Balaban J connectivity index is 0.000000537. The Hall–Kier alpha value is -1.36. The van der Waals surface area contributed by atoms with Gasteiger partial charge >= 0.3 is 0 Å². The van der Waals surface area contributed by atoms with Crippen LogP contribution >= 0.6 is 34.8 Å². The van der Waals surface area contributed by atoms with E-state index in [9.17, 15) is 8.42 Å². The summed E-state index contributed by atoms with van der Waals surface area (Å²) in [6, 6.07) is 4.02. The number of nitrogens with one attached hydrogen (secondary N) is 1. The van der Waals surface area contributed by atoms with Gasteiger partial charge in [0.05, 0.1) is 16.3 Å². The van der Waals surface area contributed by atoms with Gasteiger partial charge in [-0.2, -0.15) is 13.4 Å². The first kappa shape index (κ1) is 23.9. The number of nitrogens with zero attached hydrogens (tertiary/aromatic N) is 3. The number of anilines is 2. The Bertz CT molecular complexity index is 973. The minimum Gasteiger partial charge on any atom is -0.383 e. The van der Waals surface area contributed by atoms with Crippen LogP contribution in [-0.2, 0) is 10.1 Å². The number of hydrogen-bond acceptors (Lipinski definition) is 7. The number of nitrogens with two attached hydrogens (primary N) is 1. The van der Waals surface area contributed by atoms with Crippen molar-refractivity contribution in [2.24, 2.45) is 0 Å². The molecule has 0 aliphatic carbocycles. The molecule has 1 fully saturated rings. The third kappa shape index (κ3) is 7.13. The van der Waals surface area contributed by atoms with Gasteiger partial charge in [0, 0.05) is 47.5 Å². The molecular formula is C17H22Cl3N5O3S. The van der Waals surface area contributed by atoms with Gasteiger partial charge in [0.15, 0.2) is 0 Å². The molecule has 2 unspecified atom stereocenters. The fourth-order valence-corrected chi connectivity index (χ4v) is 3.69. The lowest BCUT2D eigenvalue weighted by atomic mass is 10.1. The summed E-state index contributed by atoms with van der Waals surface area (Å²) in [7, 11) is -3.67. The Kier molecular flexibility index (Phi) is 7.94. The predicted molar refractivity (Wildman–Crippen MR) is 119 cm³/mol. The third-order valence-corrected chi connectivity index (χ3v) is 4.95. The first-order valence-corrected chi connectivity index (χ1v) is 11.5. The largest absolute Gasteiger partial charge is 0.383 e. The molecule has 29 heavy (non-hydrogen) atoms. The summed E-state index contributed by atoms with van der Waals surface area (Å²) in [5, 5.41) is 4.71. The molecule has 4 N–H and O–H groups in total. The van der Waals surface area contributed by atoms with Gasteiger partial charge in [-0.15, -0.1) is 0 Å². The number of halogens is 3. The van der Waals surface area contributed by atoms with Gasteiger partial charge < -0.3 is 16.0 Å². The maximum Gasteiger partial charge on any atom is 0.261 e. The van der Waals surface area contributed by atoms with Crippen LogP contribution in [0.5, 0.6) is 0 Å². The highest BCUT2D eigenvalue weighted by atomic mass is 35.5. The van der Waals surface area contributed by atoms with Gasteiger partial charge in [-0.25, -0.2) is 4.98 Å². The van der Waals surface area contributed by atoms with Gasteiger partial charge in [-0.1, -0.05) is 34.8 Å². The van der Waals surface area contributed by atoms with Crippen LogP contribution in [0.2, 0.25) is 15.1 Å². The van der Waals surface area contributed by atoms with E-state index >= 15 is 0 Å². The molecule has 0 radical (unpaired) electrons. The van der Waals surface area contributed by atoms with Crippen molar-refractivity contribution in [1.29, 1.82) is 0 Å². The van der Waals surface area contributed by atoms with Crippen molar-refractivity contribution in [3.8, 4) is 11.1 Å². The highest BCUT2D eigenvalue weighted by Crippen LogP contribution is 2.38. The number of nitrogen functional groups attached to an aromatic ring is 1. The summed E-state index contributed by atoms with van der Waals surface area (Å²) in [6.07, 6.45) is 2.38. The lowest BCUT2D eigenvalue weighted by molar-refractivity contribution is 0.403. The Morgan fingerprint density at radius 2 is 1.72 bits per heavy atom. The molecule has 1 aromatic heterocycles. The average molecular weight is 483 g/mol. The molecule has 2 atom stereocenters. The van der Waals surface area contributed by atoms with Crippen molar-refractivity contribution in [2.45, 2.75) is 25.9 Å². The van der Waals surface area contributed by atoms with E-state index in [-0.39, 0.29) is 0 Å². The second kappa shape index (κ2) is 9.63. The first-order chi connectivity index (χ1) is 13.3. The van der Waals surface area contributed by atoms with Crippen LogP contribution < -0.4 is 16.0 Å². The zero-order valence-electron chi connectivity index (χ0n) is 16.0. The molecule has 0 saturated carbocycles. The predicted octanol–water partition coefficient (Wildman–Crippen LogP) is 3.38. The highest BCUT2D eigenvalue weighted by Gasteiger charge is 2.23. The second-order valence-electron chi connectivity index (χ2n) is 6.82. The van der Waals surface area contributed by atoms with Crippen LogP contribution in [0.3, 0.4) is 0 Å². The Morgan fingerprint density at radius 3 is 2.24 bits per heavy atom. The molecule has 0 spiro atoms. The Morgan fingerprint density at radius 1 is 1.17 bits per heavy atom. The summed E-state index contributed by atoms with van der Waals surface area (Å²) in [4.78, 5) is 11.1. The number of aromatic nitrogens is 2. The summed E-state index contributed by atoms with van der Waals surface area (Å²) in [5.41, 5.74) is 7.40. The fraction of sp³-hybridized carbons (Fsp3) is 0.412. The van der Waals surface area contributed by atoms with Gasteiger partial charge in [0.1, 0.15) is 5.82 Å². The van der Waals surface area contributed by atoms with Gasteiger partial charge in [-0.3, -0.25) is 4.55 Å². The molecule has 8 nitrogen and oxygen atoms in total. The lowest BCUT2D eigenvalue weighted by Crippen LogP contribution is -2.54. The maximum atomic E-state index is 9.19. The summed E-state index contributed by atoms with van der Waals surface area (Å²) < 4.78 is 25.9. The molecule has 1 aliphatic heterocycles. The van der Waals surface area contributed by atoms with E-state index < -0.39 is 10.1 Å². The van der Waals surface area contributed by atoms with E-state index in [0.717, 1.165) is 13.1 Å². The molecule has 2 heterocycles. The summed E-state index contributed by atoms with van der Waals surface area (Å²) in [6.45, 7) is 5.92. The molecule has 2 aromatic rings. The van der Waals surface area contributed by atoms with Crippen molar-refractivity contribution in [1.82, 2.24) is 15.3 Å². The van der Waals surface area contributed by atoms with Crippen LogP contribution in [0.1, 0.15) is 13.8 Å². The third-order valence-electron chi connectivity index (χ3n) is 3.93. The molecule has 1 aromatic carbocycles. The second-order valence-corrected chi connectivity index (χ2v) is 9.51. The molecule has 1 saturated heterocycles. The van der Waals surface area contributed by atoms with E-state index in [2.05, 4.69) is 34.0 Å². The van der Waals surface area contributed by atoms with Crippen LogP contribution in [-0.4, -0.2) is 54.4 Å². The van der Waals surface area contributed by atoms with Crippen molar-refractivity contribution >= 4 is 56.7 Å². The van der Waals surface area contributed by atoms with Crippen LogP contribution in [0.4, 0.5) is 11.8 Å². The van der Waals surface area contributed by atoms with E-state index in [1.807, 2.05) is 0 Å². The minimum atomic E-state index is -3.67. The number of piperazine rings is 1. The quantitative estimate of drug-likeness (QED) is 0.440. The van der Waals surface area contributed by atoms with E-state index in [1.165, 1.54) is 0 Å². The molecule has 12 heteroatoms. The minimum absolute atomic E-state index is 0.346. The standard InChI is InChI=1S/C16H18Cl3N5.CH4O3S/c1-8-6-24(7-9(2)22-8)16-21-5-12(15(20)23-16)11-3-10(17)4-13(18)14(11)19;1-5(2,3)4/h3-5,8-9,22H,6-7H2,1-2H3,(H2,20,21,23);1H3,(H,2,3,4). The average Bonchev–Trinajstić information content (AvgIpc) is 2.56. The smallest absolute Gasteiger partial charge is 0.261 e. The van der Waals surface area contributed by atoms with Crippen molar-refractivity contribution < 1.29 is 13.0 Å². The zero-order valence-corrected chi connectivity index (χ0v) is 19.1. The van der Waals surface area contributed by atoms with E-state index in [0.29, 0.717) is 56.3 Å². The molecule has 3 rings (SSSR count). The van der Waals surface area contributed by atoms with E-state index in [4.69, 9.17) is 45.1 Å². The van der Waals surface area contributed by atoms with Crippen LogP contribution in [0.25, 0.3) is 11.1 Å². The fourth-order valence-electron chi connectivity index (χ4n) is 2.99. The highest BCUT2D eigenvalue weighted by molar-refractivity contribution is 7.85. The topological polar surface area (TPSA) is 121 Å². The summed E-state index contributed by atoms with van der Waals surface area (Å²) in [5.74, 6) is 0.958. The molecule has 0 amide bonds. The van der Waals surface area contributed by atoms with Gasteiger partial charge in [0.25, 0.3) is 10.1 Å². The number of rotatable bonds is 2. The van der Waals surface area contributed by atoms with Crippen molar-refractivity contribution in [3.63, 3.8) is 0 Å². The number of benzene rings is 1. The van der Waals surface area contributed by atoms with E-state index in [1.54, 1.807) is 18.3 Å².